The highest BCUT2D eigenvalue weighted by atomic mass is 32.2. The van der Waals surface area contributed by atoms with E-state index in [1.807, 2.05) is 19.0 Å². The minimum absolute atomic E-state index is 0.00420. The van der Waals surface area contributed by atoms with Gasteiger partial charge >= 0.3 is 0 Å². The second kappa shape index (κ2) is 6.14. The number of carbonyl (C=O) groups is 1. The van der Waals surface area contributed by atoms with Crippen molar-refractivity contribution in [3.63, 3.8) is 0 Å². The number of nitrogens with zero attached hydrogens (tertiary/aromatic N) is 1. The van der Waals surface area contributed by atoms with Crippen molar-refractivity contribution < 1.29 is 13.2 Å². The van der Waals surface area contributed by atoms with Crippen molar-refractivity contribution >= 4 is 15.6 Å². The lowest BCUT2D eigenvalue weighted by Gasteiger charge is -2.08. The van der Waals surface area contributed by atoms with E-state index in [-0.39, 0.29) is 23.7 Å². The Bertz CT molecular complexity index is 270. The van der Waals surface area contributed by atoms with Gasteiger partial charge in [0, 0.05) is 6.42 Å². The number of Topliss-reactive ketones (excluding diaryl/α,β-unsaturated/α-hetero) is 1. The molecule has 0 amide bonds. The maximum absolute atomic E-state index is 11.3. The van der Waals surface area contributed by atoms with Crippen LogP contribution in [0, 0.1) is 0 Å². The fraction of sp³-hybridized carbons (Fsp3) is 0.889. The first-order valence-corrected chi connectivity index (χ1v) is 6.50. The van der Waals surface area contributed by atoms with Crippen LogP contribution in [-0.4, -0.2) is 51.2 Å². The van der Waals surface area contributed by atoms with Crippen LogP contribution in [0.5, 0.6) is 0 Å². The molecule has 0 saturated heterocycles. The molecule has 0 fully saturated rings. The van der Waals surface area contributed by atoms with Gasteiger partial charge in [-0.1, -0.05) is 0 Å². The minimum Gasteiger partial charge on any atom is -0.309 e. The second-order valence-corrected chi connectivity index (χ2v) is 6.06. The van der Waals surface area contributed by atoms with E-state index in [1.165, 1.54) is 6.92 Å². The maximum Gasteiger partial charge on any atom is 0.150 e. The minimum atomic E-state index is -3.02. The Labute approximate surface area is 86.2 Å². The zero-order valence-electron chi connectivity index (χ0n) is 9.12. The fourth-order valence-corrected chi connectivity index (χ4v) is 2.37. The van der Waals surface area contributed by atoms with Gasteiger partial charge in [0.2, 0.25) is 0 Å². The summed E-state index contributed by atoms with van der Waals surface area (Å²) in [6, 6.07) is 0. The van der Waals surface area contributed by atoms with E-state index in [4.69, 9.17) is 0 Å². The molecule has 84 valence electrons. The Morgan fingerprint density at radius 3 is 2.21 bits per heavy atom. The van der Waals surface area contributed by atoms with Crippen molar-refractivity contribution in [3.8, 4) is 0 Å². The van der Waals surface area contributed by atoms with Gasteiger partial charge in [0.25, 0.3) is 0 Å². The molecule has 0 bridgehead atoms. The van der Waals surface area contributed by atoms with Crippen LogP contribution >= 0.6 is 0 Å². The zero-order chi connectivity index (χ0) is 11.2. The number of sulfone groups is 1. The van der Waals surface area contributed by atoms with Crippen molar-refractivity contribution in [3.05, 3.63) is 0 Å². The molecule has 14 heavy (non-hydrogen) atoms. The third-order valence-electron chi connectivity index (χ3n) is 1.83. The summed E-state index contributed by atoms with van der Waals surface area (Å²) >= 11 is 0. The summed E-state index contributed by atoms with van der Waals surface area (Å²) in [7, 11) is 0.790. The second-order valence-electron chi connectivity index (χ2n) is 3.76. The molecule has 0 atom stereocenters. The highest BCUT2D eigenvalue weighted by molar-refractivity contribution is 7.91. The number of rotatable bonds is 7. The topological polar surface area (TPSA) is 54.5 Å². The highest BCUT2D eigenvalue weighted by Crippen LogP contribution is 1.98. The van der Waals surface area contributed by atoms with Gasteiger partial charge in [0.1, 0.15) is 5.78 Å². The van der Waals surface area contributed by atoms with Crippen LogP contribution in [0.1, 0.15) is 19.8 Å². The molecule has 5 heteroatoms. The summed E-state index contributed by atoms with van der Waals surface area (Å²) < 4.78 is 22.7. The molecule has 0 unspecified atom stereocenters. The van der Waals surface area contributed by atoms with Crippen molar-refractivity contribution in [2.45, 2.75) is 19.8 Å². The van der Waals surface area contributed by atoms with Gasteiger partial charge in [-0.25, -0.2) is 8.42 Å². The lowest BCUT2D eigenvalue weighted by atomic mass is 10.4. The summed E-state index contributed by atoms with van der Waals surface area (Å²) in [5, 5.41) is 0. The third-order valence-corrected chi connectivity index (χ3v) is 3.56. The van der Waals surface area contributed by atoms with Gasteiger partial charge in [-0.05, 0) is 34.0 Å². The molecule has 0 heterocycles. The molecule has 0 aromatic heterocycles. The third kappa shape index (κ3) is 8.19. The molecular formula is C9H19NO3S. The molecule has 0 aromatic carbocycles. The lowest BCUT2D eigenvalue weighted by Crippen LogP contribution is -2.19. The fourth-order valence-electron chi connectivity index (χ4n) is 1.00. The number of ketones is 1. The zero-order valence-corrected chi connectivity index (χ0v) is 9.93. The predicted octanol–water partition coefficient (Wildman–Crippen LogP) is 0.332. The Morgan fingerprint density at radius 1 is 1.21 bits per heavy atom. The Balaban J connectivity index is 3.79. The highest BCUT2D eigenvalue weighted by Gasteiger charge is 2.11. The standard InChI is InChI=1S/C9H19NO3S/c1-9(11)5-8-14(12,13)7-4-6-10(2)3/h4-8H2,1-3H3. The molecule has 4 nitrogen and oxygen atoms in total. The quantitative estimate of drug-likeness (QED) is 0.622. The molecule has 0 aromatic rings. The summed E-state index contributed by atoms with van der Waals surface area (Å²) in [5.74, 6) is 0.106. The Hall–Kier alpha value is -0.420. The van der Waals surface area contributed by atoms with Crippen LogP contribution in [0.25, 0.3) is 0 Å². The molecule has 0 aliphatic heterocycles. The summed E-state index contributed by atoms with van der Waals surface area (Å²) in [4.78, 5) is 12.5. The van der Waals surface area contributed by atoms with Gasteiger partial charge in [-0.15, -0.1) is 0 Å². The molecule has 0 radical (unpaired) electrons. The predicted molar refractivity (Wildman–Crippen MR) is 57.1 cm³/mol. The molecule has 0 saturated carbocycles. The molecule has 0 rings (SSSR count). The Kier molecular flexibility index (Phi) is 5.95. The smallest absolute Gasteiger partial charge is 0.150 e. The van der Waals surface area contributed by atoms with Crippen LogP contribution in [0.4, 0.5) is 0 Å². The molecule has 0 aliphatic rings. The van der Waals surface area contributed by atoms with Crippen LogP contribution in [0.2, 0.25) is 0 Å². The molecule has 0 N–H and O–H groups in total. The first kappa shape index (κ1) is 13.6. The lowest BCUT2D eigenvalue weighted by molar-refractivity contribution is -0.116. The van der Waals surface area contributed by atoms with E-state index in [1.54, 1.807) is 0 Å². The molecular weight excluding hydrogens is 202 g/mol. The van der Waals surface area contributed by atoms with E-state index in [0.29, 0.717) is 6.42 Å². The number of hydrogen-bond acceptors (Lipinski definition) is 4. The van der Waals surface area contributed by atoms with E-state index >= 15 is 0 Å². The van der Waals surface area contributed by atoms with Crippen LogP contribution in [0.3, 0.4) is 0 Å². The van der Waals surface area contributed by atoms with E-state index in [2.05, 4.69) is 0 Å². The van der Waals surface area contributed by atoms with Crippen molar-refractivity contribution in [2.24, 2.45) is 0 Å². The normalized spacial score (nSPS) is 12.0. The van der Waals surface area contributed by atoms with Gasteiger partial charge in [0.05, 0.1) is 11.5 Å². The molecule has 0 spiro atoms. The largest absolute Gasteiger partial charge is 0.309 e. The van der Waals surface area contributed by atoms with Gasteiger partial charge in [0.15, 0.2) is 9.84 Å². The monoisotopic (exact) mass is 221 g/mol. The number of hydrogen-bond donors (Lipinski definition) is 0. The summed E-state index contributed by atoms with van der Waals surface area (Å²) in [5.41, 5.74) is 0. The van der Waals surface area contributed by atoms with Gasteiger partial charge in [-0.2, -0.15) is 0 Å². The van der Waals surface area contributed by atoms with E-state index < -0.39 is 9.84 Å². The maximum atomic E-state index is 11.3. The Morgan fingerprint density at radius 2 is 1.79 bits per heavy atom. The average Bonchev–Trinajstić information content (AvgIpc) is 2.00. The number of carbonyl (C=O) groups excluding carboxylic acids is 1. The van der Waals surface area contributed by atoms with Crippen LogP contribution < -0.4 is 0 Å². The summed E-state index contributed by atoms with van der Waals surface area (Å²) in [6.07, 6.45) is 0.775. The SMILES string of the molecule is CC(=O)CCS(=O)(=O)CCCN(C)C. The van der Waals surface area contributed by atoms with Gasteiger partial charge in [-0.3, -0.25) is 4.79 Å². The van der Waals surface area contributed by atoms with Crippen molar-refractivity contribution in [2.75, 3.05) is 32.1 Å². The van der Waals surface area contributed by atoms with E-state index in [9.17, 15) is 13.2 Å². The summed E-state index contributed by atoms with van der Waals surface area (Å²) in [6.45, 7) is 2.18. The van der Waals surface area contributed by atoms with Crippen LogP contribution in [-0.2, 0) is 14.6 Å². The first-order valence-electron chi connectivity index (χ1n) is 4.68. The van der Waals surface area contributed by atoms with Crippen LogP contribution in [0.15, 0.2) is 0 Å². The molecule has 0 aliphatic carbocycles. The van der Waals surface area contributed by atoms with Crippen molar-refractivity contribution in [1.82, 2.24) is 4.90 Å². The van der Waals surface area contributed by atoms with E-state index in [0.717, 1.165) is 6.54 Å². The van der Waals surface area contributed by atoms with Gasteiger partial charge < -0.3 is 4.90 Å². The van der Waals surface area contributed by atoms with Crippen molar-refractivity contribution in [1.29, 1.82) is 0 Å². The first-order chi connectivity index (χ1) is 6.33. The average molecular weight is 221 g/mol.